The molecule has 110 valence electrons. The Hall–Kier alpha value is -2.18. The number of carboxylic acids is 1. The number of hydrogen-bond donors (Lipinski definition) is 2. The Morgan fingerprint density at radius 3 is 2.29 bits per heavy atom. The highest BCUT2D eigenvalue weighted by atomic mass is 32.2. The average molecular weight is 305 g/mol. The molecule has 0 unspecified atom stereocenters. The summed E-state index contributed by atoms with van der Waals surface area (Å²) >= 11 is 0. The molecule has 0 atom stereocenters. The second kappa shape index (κ2) is 6.51. The molecule has 21 heavy (non-hydrogen) atoms. The van der Waals surface area contributed by atoms with Gasteiger partial charge in [-0.25, -0.2) is 13.1 Å². The summed E-state index contributed by atoms with van der Waals surface area (Å²) in [6.07, 6.45) is -0.331. The summed E-state index contributed by atoms with van der Waals surface area (Å²) in [5, 5.41) is 8.85. The highest BCUT2D eigenvalue weighted by Crippen LogP contribution is 2.16. The Kier molecular flexibility index (Phi) is 4.72. The molecule has 0 fully saturated rings. The van der Waals surface area contributed by atoms with Crippen molar-refractivity contribution in [2.75, 3.05) is 0 Å². The summed E-state index contributed by atoms with van der Waals surface area (Å²) in [5.74, 6) is -1.07. The van der Waals surface area contributed by atoms with Gasteiger partial charge in [0.1, 0.15) is 0 Å². The first-order valence-electron chi connectivity index (χ1n) is 6.32. The number of aliphatic carboxylic acids is 1. The molecular formula is C15H15NO4S. The van der Waals surface area contributed by atoms with E-state index in [4.69, 9.17) is 5.11 Å². The first kappa shape index (κ1) is 15.2. The smallest absolute Gasteiger partial charge is 0.307 e. The number of benzene rings is 2. The Bertz CT molecular complexity index is 726. The van der Waals surface area contributed by atoms with Crippen molar-refractivity contribution in [3.05, 3.63) is 65.7 Å². The number of carbonyl (C=O) groups is 1. The second-order valence-electron chi connectivity index (χ2n) is 4.49. The van der Waals surface area contributed by atoms with Crippen molar-refractivity contribution in [2.45, 2.75) is 17.9 Å². The third-order valence-corrected chi connectivity index (χ3v) is 4.41. The lowest BCUT2D eigenvalue weighted by molar-refractivity contribution is -0.136. The van der Waals surface area contributed by atoms with Crippen molar-refractivity contribution in [2.24, 2.45) is 0 Å². The van der Waals surface area contributed by atoms with Gasteiger partial charge in [-0.15, -0.1) is 0 Å². The fourth-order valence-electron chi connectivity index (χ4n) is 1.93. The van der Waals surface area contributed by atoms with E-state index < -0.39 is 16.0 Å². The SMILES string of the molecule is O=C(O)Cc1ccccc1S(=O)(=O)NCc1ccccc1. The quantitative estimate of drug-likeness (QED) is 0.852. The van der Waals surface area contributed by atoms with Gasteiger partial charge in [-0.3, -0.25) is 4.79 Å². The van der Waals surface area contributed by atoms with E-state index in [1.165, 1.54) is 12.1 Å². The number of sulfonamides is 1. The molecule has 6 heteroatoms. The van der Waals surface area contributed by atoms with E-state index in [1.807, 2.05) is 30.3 Å². The minimum absolute atomic E-state index is 0.00308. The number of nitrogens with one attached hydrogen (secondary N) is 1. The standard InChI is InChI=1S/C15H15NO4S/c17-15(18)10-13-8-4-5-9-14(13)21(19,20)16-11-12-6-2-1-3-7-12/h1-9,16H,10-11H2,(H,17,18). The summed E-state index contributed by atoms with van der Waals surface area (Å²) in [5.41, 5.74) is 1.10. The number of carboxylic acid groups (broad SMARTS) is 1. The lowest BCUT2D eigenvalue weighted by Gasteiger charge is -2.10. The molecule has 0 aliphatic heterocycles. The topological polar surface area (TPSA) is 83.5 Å². The fraction of sp³-hybridized carbons (Fsp3) is 0.133. The molecule has 0 radical (unpaired) electrons. The Morgan fingerprint density at radius 2 is 1.62 bits per heavy atom. The molecule has 0 heterocycles. The molecule has 0 aliphatic carbocycles. The first-order chi connectivity index (χ1) is 9.99. The predicted octanol–water partition coefficient (Wildman–Crippen LogP) is 1.79. The maximum atomic E-state index is 12.3. The zero-order valence-electron chi connectivity index (χ0n) is 11.2. The number of hydrogen-bond acceptors (Lipinski definition) is 3. The van der Waals surface area contributed by atoms with Gasteiger partial charge in [0.05, 0.1) is 11.3 Å². The van der Waals surface area contributed by atoms with Crippen molar-refractivity contribution in [1.29, 1.82) is 0 Å². The summed E-state index contributed by atoms with van der Waals surface area (Å²) in [7, 11) is -3.75. The van der Waals surface area contributed by atoms with Gasteiger partial charge in [0, 0.05) is 6.54 Å². The zero-order valence-corrected chi connectivity index (χ0v) is 12.0. The molecular weight excluding hydrogens is 290 g/mol. The molecule has 0 spiro atoms. The van der Waals surface area contributed by atoms with E-state index in [1.54, 1.807) is 12.1 Å². The highest BCUT2D eigenvalue weighted by Gasteiger charge is 2.19. The van der Waals surface area contributed by atoms with Crippen LogP contribution >= 0.6 is 0 Å². The van der Waals surface area contributed by atoms with Gasteiger partial charge < -0.3 is 5.11 Å². The lowest BCUT2D eigenvalue weighted by atomic mass is 10.1. The van der Waals surface area contributed by atoms with Crippen molar-refractivity contribution >= 4 is 16.0 Å². The third-order valence-electron chi connectivity index (χ3n) is 2.91. The van der Waals surface area contributed by atoms with Crippen molar-refractivity contribution in [1.82, 2.24) is 4.72 Å². The zero-order chi connectivity index (χ0) is 15.3. The van der Waals surface area contributed by atoms with E-state index >= 15 is 0 Å². The van der Waals surface area contributed by atoms with Crippen LogP contribution in [0.1, 0.15) is 11.1 Å². The molecule has 0 aliphatic rings. The molecule has 0 bridgehead atoms. The van der Waals surface area contributed by atoms with Gasteiger partial charge in [-0.1, -0.05) is 48.5 Å². The Labute approximate surface area is 123 Å². The van der Waals surface area contributed by atoms with Crippen LogP contribution in [0, 0.1) is 0 Å². The Balaban J connectivity index is 2.21. The van der Waals surface area contributed by atoms with Crippen LogP contribution in [0.3, 0.4) is 0 Å². The monoisotopic (exact) mass is 305 g/mol. The molecule has 5 nitrogen and oxygen atoms in total. The summed E-state index contributed by atoms with van der Waals surface area (Å²) in [4.78, 5) is 10.8. The molecule has 2 N–H and O–H groups in total. The van der Waals surface area contributed by atoms with Crippen molar-refractivity contribution in [3.8, 4) is 0 Å². The Morgan fingerprint density at radius 1 is 1.00 bits per heavy atom. The van der Waals surface area contributed by atoms with Crippen LogP contribution in [0.5, 0.6) is 0 Å². The lowest BCUT2D eigenvalue weighted by Crippen LogP contribution is -2.24. The van der Waals surface area contributed by atoms with E-state index in [2.05, 4.69) is 4.72 Å². The molecule has 0 saturated heterocycles. The van der Waals surface area contributed by atoms with E-state index in [0.717, 1.165) is 5.56 Å². The maximum absolute atomic E-state index is 12.3. The summed E-state index contributed by atoms with van der Waals surface area (Å²) in [6.45, 7) is 0.157. The fourth-order valence-corrected chi connectivity index (χ4v) is 3.18. The third kappa shape index (κ3) is 4.14. The normalized spacial score (nSPS) is 11.2. The van der Waals surface area contributed by atoms with Gasteiger partial charge in [0.2, 0.25) is 10.0 Å². The molecule has 2 aromatic carbocycles. The maximum Gasteiger partial charge on any atom is 0.307 e. The average Bonchev–Trinajstić information content (AvgIpc) is 2.46. The minimum Gasteiger partial charge on any atom is -0.481 e. The van der Waals surface area contributed by atoms with Gasteiger partial charge in [0.15, 0.2) is 0 Å². The van der Waals surface area contributed by atoms with Crippen LogP contribution < -0.4 is 4.72 Å². The molecule has 0 amide bonds. The second-order valence-corrected chi connectivity index (χ2v) is 6.22. The van der Waals surface area contributed by atoms with E-state index in [0.29, 0.717) is 0 Å². The van der Waals surface area contributed by atoms with Crippen LogP contribution in [0.2, 0.25) is 0 Å². The van der Waals surface area contributed by atoms with Gasteiger partial charge in [-0.2, -0.15) is 0 Å². The van der Waals surface area contributed by atoms with Crippen LogP contribution in [-0.2, 0) is 27.8 Å². The van der Waals surface area contributed by atoms with Gasteiger partial charge >= 0.3 is 5.97 Å². The molecule has 2 aromatic rings. The largest absolute Gasteiger partial charge is 0.481 e. The van der Waals surface area contributed by atoms with E-state index in [-0.39, 0.29) is 23.4 Å². The predicted molar refractivity (Wildman–Crippen MR) is 78.2 cm³/mol. The summed E-state index contributed by atoms with van der Waals surface area (Å²) in [6, 6.07) is 15.2. The first-order valence-corrected chi connectivity index (χ1v) is 7.80. The van der Waals surface area contributed by atoms with Crippen molar-refractivity contribution < 1.29 is 18.3 Å². The van der Waals surface area contributed by atoms with Crippen LogP contribution in [-0.4, -0.2) is 19.5 Å². The highest BCUT2D eigenvalue weighted by molar-refractivity contribution is 7.89. The number of rotatable bonds is 6. The van der Waals surface area contributed by atoms with Gasteiger partial charge in [-0.05, 0) is 17.2 Å². The van der Waals surface area contributed by atoms with Crippen LogP contribution in [0.25, 0.3) is 0 Å². The molecule has 2 rings (SSSR count). The minimum atomic E-state index is -3.75. The van der Waals surface area contributed by atoms with Crippen LogP contribution in [0.15, 0.2) is 59.5 Å². The van der Waals surface area contributed by atoms with Crippen LogP contribution in [0.4, 0.5) is 0 Å². The molecule has 0 saturated carbocycles. The van der Waals surface area contributed by atoms with E-state index in [9.17, 15) is 13.2 Å². The summed E-state index contributed by atoms with van der Waals surface area (Å²) < 4.78 is 27.1. The molecule has 0 aromatic heterocycles. The van der Waals surface area contributed by atoms with Crippen molar-refractivity contribution in [3.63, 3.8) is 0 Å². The van der Waals surface area contributed by atoms with Gasteiger partial charge in [0.25, 0.3) is 0 Å².